The van der Waals surface area contributed by atoms with Crippen LogP contribution in [0.5, 0.6) is 5.75 Å². The molecule has 2 heterocycles. The van der Waals surface area contributed by atoms with Crippen molar-refractivity contribution >= 4 is 5.91 Å². The highest BCUT2D eigenvalue weighted by molar-refractivity contribution is 5.92. The molecule has 4 nitrogen and oxygen atoms in total. The van der Waals surface area contributed by atoms with E-state index in [4.69, 9.17) is 9.15 Å². The molecule has 0 fully saturated rings. The van der Waals surface area contributed by atoms with Gasteiger partial charge < -0.3 is 14.1 Å². The summed E-state index contributed by atoms with van der Waals surface area (Å²) in [6.45, 7) is 0.638. The Morgan fingerprint density at radius 1 is 1.12 bits per heavy atom. The summed E-state index contributed by atoms with van der Waals surface area (Å²) >= 11 is 0. The lowest BCUT2D eigenvalue weighted by Gasteiger charge is -2.37. The van der Waals surface area contributed by atoms with E-state index in [1.54, 1.807) is 19.2 Å². The number of carbonyl (C=O) groups excluding carboxylic acids is 1. The predicted octanol–water partition coefficient (Wildman–Crippen LogP) is 4.08. The molecule has 0 radical (unpaired) electrons. The lowest BCUT2D eigenvalue weighted by Crippen LogP contribution is -2.40. The Balaban J connectivity index is 1.81. The van der Waals surface area contributed by atoms with E-state index < -0.39 is 0 Å². The molecule has 1 amide bonds. The predicted molar refractivity (Wildman–Crippen MR) is 94.7 cm³/mol. The van der Waals surface area contributed by atoms with Crippen LogP contribution in [0.4, 0.5) is 0 Å². The van der Waals surface area contributed by atoms with E-state index >= 15 is 0 Å². The van der Waals surface area contributed by atoms with Crippen molar-refractivity contribution in [3.05, 3.63) is 89.4 Å². The fourth-order valence-electron chi connectivity index (χ4n) is 3.49. The van der Waals surface area contributed by atoms with Gasteiger partial charge in [0.25, 0.3) is 5.91 Å². The monoisotopic (exact) mass is 333 g/mol. The number of amides is 1. The van der Waals surface area contributed by atoms with Gasteiger partial charge in [0.2, 0.25) is 0 Å². The maximum atomic E-state index is 13.0. The second-order valence-electron chi connectivity index (χ2n) is 6.10. The van der Waals surface area contributed by atoms with Crippen molar-refractivity contribution in [1.82, 2.24) is 4.90 Å². The highest BCUT2D eigenvalue weighted by atomic mass is 16.5. The van der Waals surface area contributed by atoms with E-state index in [-0.39, 0.29) is 11.9 Å². The Bertz CT molecular complexity index is 871. The first-order chi connectivity index (χ1) is 12.3. The molecule has 4 rings (SSSR count). The minimum Gasteiger partial charge on any atom is -0.497 e. The van der Waals surface area contributed by atoms with E-state index in [1.165, 1.54) is 11.8 Å². The average molecular weight is 333 g/mol. The quantitative estimate of drug-likeness (QED) is 0.725. The summed E-state index contributed by atoms with van der Waals surface area (Å²) in [7, 11) is 1.67. The lowest BCUT2D eigenvalue weighted by molar-refractivity contribution is 0.0662. The number of ether oxygens (including phenoxy) is 1. The first-order valence-electron chi connectivity index (χ1n) is 8.34. The summed E-state index contributed by atoms with van der Waals surface area (Å²) in [5.74, 6) is 1.13. The zero-order valence-electron chi connectivity index (χ0n) is 14.0. The largest absolute Gasteiger partial charge is 0.497 e. The van der Waals surface area contributed by atoms with Crippen LogP contribution in [0.15, 0.2) is 71.3 Å². The van der Waals surface area contributed by atoms with E-state index in [0.717, 1.165) is 23.3 Å². The number of fused-ring (bicyclic) bond motifs is 1. The second kappa shape index (κ2) is 6.48. The van der Waals surface area contributed by atoms with Gasteiger partial charge in [-0.1, -0.05) is 36.4 Å². The van der Waals surface area contributed by atoms with Gasteiger partial charge in [-0.2, -0.15) is 0 Å². The second-order valence-corrected chi connectivity index (χ2v) is 6.10. The van der Waals surface area contributed by atoms with Crippen molar-refractivity contribution in [2.24, 2.45) is 0 Å². The Labute approximate surface area is 146 Å². The number of nitrogens with zero attached hydrogens (tertiary/aromatic N) is 1. The van der Waals surface area contributed by atoms with Gasteiger partial charge in [0, 0.05) is 6.54 Å². The topological polar surface area (TPSA) is 42.7 Å². The summed E-state index contributed by atoms with van der Waals surface area (Å²) in [4.78, 5) is 14.9. The highest BCUT2D eigenvalue weighted by Crippen LogP contribution is 2.37. The van der Waals surface area contributed by atoms with Crippen LogP contribution in [0.2, 0.25) is 0 Å². The normalized spacial score (nSPS) is 16.4. The number of rotatable bonds is 3. The molecule has 0 aliphatic carbocycles. The number of benzene rings is 2. The molecule has 1 atom stereocenters. The van der Waals surface area contributed by atoms with Crippen LogP contribution in [0.1, 0.15) is 33.3 Å². The molecule has 3 aromatic rings. The van der Waals surface area contributed by atoms with Crippen LogP contribution in [-0.4, -0.2) is 24.5 Å². The SMILES string of the molecule is COc1ccc2c(c1)CCN(C(=O)c1ccco1)C2c1ccccc1. The van der Waals surface area contributed by atoms with Crippen LogP contribution in [0, 0.1) is 0 Å². The lowest BCUT2D eigenvalue weighted by atomic mass is 9.88. The minimum atomic E-state index is -0.131. The van der Waals surface area contributed by atoms with Crippen molar-refractivity contribution < 1.29 is 13.9 Å². The smallest absolute Gasteiger partial charge is 0.290 e. The van der Waals surface area contributed by atoms with Crippen molar-refractivity contribution in [2.45, 2.75) is 12.5 Å². The summed E-state index contributed by atoms with van der Waals surface area (Å²) in [5, 5.41) is 0. The first kappa shape index (κ1) is 15.5. The summed E-state index contributed by atoms with van der Waals surface area (Å²) in [5.41, 5.74) is 3.45. The number of hydrogen-bond acceptors (Lipinski definition) is 3. The van der Waals surface area contributed by atoms with Gasteiger partial charge in [0.15, 0.2) is 5.76 Å². The highest BCUT2D eigenvalue weighted by Gasteiger charge is 2.33. The van der Waals surface area contributed by atoms with E-state index in [9.17, 15) is 4.79 Å². The molecule has 126 valence electrons. The van der Waals surface area contributed by atoms with E-state index in [1.807, 2.05) is 29.2 Å². The van der Waals surface area contributed by atoms with Gasteiger partial charge in [-0.15, -0.1) is 0 Å². The van der Waals surface area contributed by atoms with Gasteiger partial charge >= 0.3 is 0 Å². The van der Waals surface area contributed by atoms with Gasteiger partial charge in [-0.25, -0.2) is 0 Å². The summed E-state index contributed by atoms with van der Waals surface area (Å²) < 4.78 is 10.7. The number of furan rings is 1. The maximum absolute atomic E-state index is 13.0. The Kier molecular flexibility index (Phi) is 4.02. The Morgan fingerprint density at radius 2 is 1.96 bits per heavy atom. The third kappa shape index (κ3) is 2.80. The van der Waals surface area contributed by atoms with E-state index in [0.29, 0.717) is 12.3 Å². The maximum Gasteiger partial charge on any atom is 0.290 e. The summed E-state index contributed by atoms with van der Waals surface area (Å²) in [6.07, 6.45) is 2.33. The molecule has 0 saturated heterocycles. The molecule has 0 spiro atoms. The van der Waals surface area contributed by atoms with Crippen LogP contribution >= 0.6 is 0 Å². The van der Waals surface area contributed by atoms with Gasteiger partial charge in [-0.05, 0) is 47.4 Å². The molecule has 0 bridgehead atoms. The molecular weight excluding hydrogens is 314 g/mol. The van der Waals surface area contributed by atoms with Crippen molar-refractivity contribution in [3.63, 3.8) is 0 Å². The zero-order chi connectivity index (χ0) is 17.2. The number of hydrogen-bond donors (Lipinski definition) is 0. The standard InChI is InChI=1S/C21H19NO3/c1-24-17-9-10-18-16(14-17)11-12-22(21(23)19-8-5-13-25-19)20(18)15-6-3-2-4-7-15/h2-10,13-14,20H,11-12H2,1H3. The fraction of sp³-hybridized carbons (Fsp3) is 0.190. The van der Waals surface area contributed by atoms with Crippen molar-refractivity contribution in [1.29, 1.82) is 0 Å². The molecule has 2 aromatic carbocycles. The van der Waals surface area contributed by atoms with Crippen molar-refractivity contribution in [2.75, 3.05) is 13.7 Å². The van der Waals surface area contributed by atoms with Gasteiger partial charge in [0.05, 0.1) is 19.4 Å². The molecule has 0 N–H and O–H groups in total. The van der Waals surface area contributed by atoms with Crippen LogP contribution in [0.3, 0.4) is 0 Å². The van der Waals surface area contributed by atoms with Gasteiger partial charge in [-0.3, -0.25) is 4.79 Å². The third-order valence-electron chi connectivity index (χ3n) is 4.69. The molecule has 1 aliphatic rings. The van der Waals surface area contributed by atoms with Crippen LogP contribution < -0.4 is 4.74 Å². The number of methoxy groups -OCH3 is 1. The minimum absolute atomic E-state index is 0.0830. The zero-order valence-corrected chi connectivity index (χ0v) is 14.0. The van der Waals surface area contributed by atoms with Crippen molar-refractivity contribution in [3.8, 4) is 5.75 Å². The van der Waals surface area contributed by atoms with E-state index in [2.05, 4.69) is 24.3 Å². The molecule has 25 heavy (non-hydrogen) atoms. The van der Waals surface area contributed by atoms with Gasteiger partial charge in [0.1, 0.15) is 5.75 Å². The molecule has 1 unspecified atom stereocenters. The molecular formula is C21H19NO3. The Morgan fingerprint density at radius 3 is 2.68 bits per heavy atom. The summed E-state index contributed by atoms with van der Waals surface area (Å²) in [6, 6.07) is 19.5. The number of carbonyl (C=O) groups is 1. The van der Waals surface area contributed by atoms with Crippen LogP contribution in [0.25, 0.3) is 0 Å². The Hall–Kier alpha value is -3.01. The average Bonchev–Trinajstić information content (AvgIpc) is 3.21. The molecule has 1 aromatic heterocycles. The molecule has 0 saturated carbocycles. The fourth-order valence-corrected chi connectivity index (χ4v) is 3.49. The first-order valence-corrected chi connectivity index (χ1v) is 8.34. The third-order valence-corrected chi connectivity index (χ3v) is 4.69. The molecule has 1 aliphatic heterocycles. The molecule has 4 heteroatoms. The van der Waals surface area contributed by atoms with Crippen LogP contribution in [-0.2, 0) is 6.42 Å².